The molecule has 1 aliphatic rings. The first-order valence-electron chi connectivity index (χ1n) is 9.10. The van der Waals surface area contributed by atoms with Gasteiger partial charge in [0.05, 0.1) is 5.52 Å². The molecule has 1 fully saturated rings. The van der Waals surface area contributed by atoms with Crippen LogP contribution in [-0.2, 0) is 11.3 Å². The molecule has 4 rings (SSSR count). The molecule has 3 aromatic rings. The van der Waals surface area contributed by atoms with Gasteiger partial charge < -0.3 is 14.2 Å². The number of oxazole rings is 1. The third-order valence-corrected chi connectivity index (χ3v) is 4.81. The van der Waals surface area contributed by atoms with E-state index in [0.717, 1.165) is 18.6 Å². The van der Waals surface area contributed by atoms with Crippen LogP contribution in [0.5, 0.6) is 0 Å². The number of anilines is 1. The van der Waals surface area contributed by atoms with Crippen molar-refractivity contribution in [3.63, 3.8) is 0 Å². The predicted molar refractivity (Wildman–Crippen MR) is 101 cm³/mol. The van der Waals surface area contributed by atoms with Crippen molar-refractivity contribution in [2.24, 2.45) is 0 Å². The van der Waals surface area contributed by atoms with Gasteiger partial charge in [0.25, 0.3) is 0 Å². The second-order valence-corrected chi connectivity index (χ2v) is 6.51. The van der Waals surface area contributed by atoms with E-state index >= 15 is 0 Å². The summed E-state index contributed by atoms with van der Waals surface area (Å²) in [6.07, 6.45) is 4.46. The molecule has 1 aromatic carbocycles. The van der Waals surface area contributed by atoms with Crippen LogP contribution in [0, 0.1) is 0 Å². The highest BCUT2D eigenvalue weighted by Crippen LogP contribution is 2.14. The molecular weight excluding hydrogens is 346 g/mol. The molecule has 0 spiro atoms. The predicted octanol–water partition coefficient (Wildman–Crippen LogP) is 1.51. The first kappa shape index (κ1) is 17.3. The average molecular weight is 367 g/mol. The quantitative estimate of drug-likeness (QED) is 0.680. The molecule has 0 unspecified atom stereocenters. The lowest BCUT2D eigenvalue weighted by Gasteiger charge is -2.34. The second-order valence-electron chi connectivity index (χ2n) is 6.51. The molecule has 8 heteroatoms. The minimum Gasteiger partial charge on any atom is -0.408 e. The van der Waals surface area contributed by atoms with Crippen LogP contribution in [0.4, 0.5) is 5.95 Å². The van der Waals surface area contributed by atoms with Crippen LogP contribution < -0.4 is 10.7 Å². The average Bonchev–Trinajstić information content (AvgIpc) is 3.04. The number of fused-ring (bicyclic) bond motifs is 1. The van der Waals surface area contributed by atoms with Gasteiger partial charge in [0.2, 0.25) is 11.9 Å². The van der Waals surface area contributed by atoms with E-state index in [1.807, 2.05) is 23.1 Å². The van der Waals surface area contributed by atoms with Crippen LogP contribution in [0.3, 0.4) is 0 Å². The molecule has 1 amide bonds. The van der Waals surface area contributed by atoms with Gasteiger partial charge in [-0.05, 0) is 24.6 Å². The minimum atomic E-state index is -0.375. The smallest absolute Gasteiger partial charge is 0.408 e. The van der Waals surface area contributed by atoms with Gasteiger partial charge >= 0.3 is 5.76 Å². The van der Waals surface area contributed by atoms with Gasteiger partial charge in [-0.2, -0.15) is 0 Å². The highest BCUT2D eigenvalue weighted by molar-refractivity contribution is 5.76. The zero-order chi connectivity index (χ0) is 18.6. The van der Waals surface area contributed by atoms with Crippen LogP contribution in [0.1, 0.15) is 12.8 Å². The first-order valence-corrected chi connectivity index (χ1v) is 9.10. The van der Waals surface area contributed by atoms with E-state index in [1.54, 1.807) is 29.1 Å². The number of hydrogen-bond donors (Lipinski definition) is 0. The third-order valence-electron chi connectivity index (χ3n) is 4.81. The topological polar surface area (TPSA) is 84.5 Å². The summed E-state index contributed by atoms with van der Waals surface area (Å²) in [4.78, 5) is 36.9. The molecule has 0 radical (unpaired) electrons. The van der Waals surface area contributed by atoms with Crippen molar-refractivity contribution in [1.29, 1.82) is 0 Å². The Morgan fingerprint density at radius 3 is 2.56 bits per heavy atom. The molecule has 0 bridgehead atoms. The van der Waals surface area contributed by atoms with Gasteiger partial charge in [0.15, 0.2) is 5.58 Å². The molecule has 27 heavy (non-hydrogen) atoms. The molecule has 0 N–H and O–H groups in total. The van der Waals surface area contributed by atoms with Gasteiger partial charge in [-0.15, -0.1) is 0 Å². The maximum absolute atomic E-state index is 12.5. The fourth-order valence-electron chi connectivity index (χ4n) is 3.38. The number of carbonyl (C=O) groups excluding carboxylic acids is 1. The summed E-state index contributed by atoms with van der Waals surface area (Å²) in [6.45, 7) is 3.24. The summed E-state index contributed by atoms with van der Waals surface area (Å²) in [7, 11) is 0. The Labute approximate surface area is 156 Å². The van der Waals surface area contributed by atoms with E-state index < -0.39 is 0 Å². The number of hydrogen-bond acceptors (Lipinski definition) is 6. The monoisotopic (exact) mass is 367 g/mol. The lowest BCUT2D eigenvalue weighted by Crippen LogP contribution is -2.49. The van der Waals surface area contributed by atoms with Crippen LogP contribution in [0.2, 0.25) is 0 Å². The molecule has 0 atom stereocenters. The largest absolute Gasteiger partial charge is 0.419 e. The number of aryl methyl sites for hydroxylation is 1. The second kappa shape index (κ2) is 7.61. The Morgan fingerprint density at radius 1 is 1.04 bits per heavy atom. The summed E-state index contributed by atoms with van der Waals surface area (Å²) < 4.78 is 6.81. The molecule has 140 valence electrons. The number of rotatable bonds is 5. The molecule has 0 aliphatic carbocycles. The van der Waals surface area contributed by atoms with Crippen LogP contribution >= 0.6 is 0 Å². The summed E-state index contributed by atoms with van der Waals surface area (Å²) in [5, 5.41) is 0. The third kappa shape index (κ3) is 3.69. The van der Waals surface area contributed by atoms with Gasteiger partial charge in [0, 0.05) is 51.5 Å². The van der Waals surface area contributed by atoms with Crippen molar-refractivity contribution in [3.8, 4) is 0 Å². The summed E-state index contributed by atoms with van der Waals surface area (Å²) in [5.41, 5.74) is 1.35. The molecule has 0 saturated carbocycles. The molecule has 1 saturated heterocycles. The van der Waals surface area contributed by atoms with Crippen LogP contribution in [0.15, 0.2) is 51.9 Å². The fraction of sp³-hybridized carbons (Fsp3) is 0.368. The number of nitrogens with zero attached hydrogens (tertiary/aromatic N) is 5. The van der Waals surface area contributed by atoms with E-state index in [9.17, 15) is 9.59 Å². The number of piperazine rings is 1. The Morgan fingerprint density at radius 2 is 1.78 bits per heavy atom. The SMILES string of the molecule is O=C(CCCn1c(=O)oc2ccccc21)N1CCN(c2ncccn2)CC1. The highest BCUT2D eigenvalue weighted by atomic mass is 16.4. The number of benzene rings is 1. The number of aromatic nitrogens is 3. The molecule has 3 heterocycles. The summed E-state index contributed by atoms with van der Waals surface area (Å²) in [6, 6.07) is 9.12. The highest BCUT2D eigenvalue weighted by Gasteiger charge is 2.22. The molecule has 2 aromatic heterocycles. The van der Waals surface area contributed by atoms with Crippen molar-refractivity contribution >= 4 is 23.0 Å². The van der Waals surface area contributed by atoms with Crippen molar-refractivity contribution < 1.29 is 9.21 Å². The molecule has 1 aliphatic heterocycles. The summed E-state index contributed by atoms with van der Waals surface area (Å²) >= 11 is 0. The van der Waals surface area contributed by atoms with Gasteiger partial charge in [-0.3, -0.25) is 9.36 Å². The van der Waals surface area contributed by atoms with Crippen molar-refractivity contribution in [2.45, 2.75) is 19.4 Å². The number of para-hydroxylation sites is 2. The van der Waals surface area contributed by atoms with E-state index in [4.69, 9.17) is 4.42 Å². The Kier molecular flexibility index (Phi) is 4.86. The summed E-state index contributed by atoms with van der Waals surface area (Å²) in [5.74, 6) is 0.445. The standard InChI is InChI=1S/C19H21N5O3/c25-17(22-11-13-23(14-12-22)18-20-8-4-9-21-18)7-3-10-24-15-5-1-2-6-16(15)27-19(24)26/h1-2,4-6,8-9H,3,7,10-14H2. The van der Waals surface area contributed by atoms with Crippen LogP contribution in [-0.4, -0.2) is 51.5 Å². The fourth-order valence-corrected chi connectivity index (χ4v) is 3.38. The lowest BCUT2D eigenvalue weighted by atomic mass is 10.2. The Bertz CT molecular complexity index is 974. The maximum atomic E-state index is 12.5. The van der Waals surface area contributed by atoms with E-state index in [1.165, 1.54) is 0 Å². The first-order chi connectivity index (χ1) is 13.2. The van der Waals surface area contributed by atoms with Crippen LogP contribution in [0.25, 0.3) is 11.1 Å². The van der Waals surface area contributed by atoms with Gasteiger partial charge in [-0.1, -0.05) is 12.1 Å². The Hall–Kier alpha value is -3.16. The van der Waals surface area contributed by atoms with Crippen molar-refractivity contribution in [2.75, 3.05) is 31.1 Å². The number of carbonyl (C=O) groups is 1. The molecular formula is C19H21N5O3. The van der Waals surface area contributed by atoms with Gasteiger partial charge in [0.1, 0.15) is 0 Å². The van der Waals surface area contributed by atoms with E-state index in [0.29, 0.717) is 44.0 Å². The normalized spacial score (nSPS) is 14.7. The maximum Gasteiger partial charge on any atom is 0.419 e. The number of amides is 1. The minimum absolute atomic E-state index is 0.115. The van der Waals surface area contributed by atoms with E-state index in [-0.39, 0.29) is 11.7 Å². The van der Waals surface area contributed by atoms with Crippen molar-refractivity contribution in [3.05, 3.63) is 53.3 Å². The zero-order valence-corrected chi connectivity index (χ0v) is 15.0. The molecule has 8 nitrogen and oxygen atoms in total. The lowest BCUT2D eigenvalue weighted by molar-refractivity contribution is -0.131. The van der Waals surface area contributed by atoms with E-state index in [2.05, 4.69) is 14.9 Å². The Balaban J connectivity index is 1.29. The van der Waals surface area contributed by atoms with Gasteiger partial charge in [-0.25, -0.2) is 14.8 Å². The zero-order valence-electron chi connectivity index (χ0n) is 15.0. The van der Waals surface area contributed by atoms with Crippen molar-refractivity contribution in [1.82, 2.24) is 19.4 Å².